The molecule has 0 bridgehead atoms. The Hall–Kier alpha value is -3.18. The number of fused-ring (bicyclic) bond motifs is 1. The zero-order valence-corrected chi connectivity index (χ0v) is 18.6. The summed E-state index contributed by atoms with van der Waals surface area (Å²) < 4.78 is 25.7. The van der Waals surface area contributed by atoms with Crippen LogP contribution in [0.15, 0.2) is 18.3 Å². The van der Waals surface area contributed by atoms with Gasteiger partial charge in [-0.05, 0) is 12.8 Å². The van der Waals surface area contributed by atoms with Crippen molar-refractivity contribution in [2.45, 2.75) is 44.3 Å². The molecule has 10 nitrogen and oxygen atoms in total. The molecule has 0 atom stereocenters. The molecule has 11 heteroatoms. The number of urea groups is 1. The number of amides is 2. The molecule has 4 rings (SSSR count). The van der Waals surface area contributed by atoms with Crippen LogP contribution < -0.4 is 24.6 Å². The first-order valence-corrected chi connectivity index (χ1v) is 10.9. The summed E-state index contributed by atoms with van der Waals surface area (Å²) in [6.45, 7) is -0.534. The number of methoxy groups -OCH3 is 2. The predicted octanol–water partition coefficient (Wildman–Crippen LogP) is 2.29. The van der Waals surface area contributed by atoms with E-state index in [-0.39, 0.29) is 43.2 Å². The van der Waals surface area contributed by atoms with Crippen LogP contribution in [0.1, 0.15) is 31.2 Å². The van der Waals surface area contributed by atoms with Gasteiger partial charge in [-0.3, -0.25) is 9.80 Å². The van der Waals surface area contributed by atoms with Crippen LogP contribution in [0.4, 0.5) is 26.6 Å². The van der Waals surface area contributed by atoms with Gasteiger partial charge in [-0.1, -0.05) is 12.8 Å². The van der Waals surface area contributed by atoms with Crippen LogP contribution in [0.5, 0.6) is 11.5 Å². The number of nitrogens with zero attached hydrogens (tertiary/aromatic N) is 4. The molecule has 1 aromatic carbocycles. The van der Waals surface area contributed by atoms with Gasteiger partial charge in [0.1, 0.15) is 11.6 Å². The summed E-state index contributed by atoms with van der Waals surface area (Å²) in [5.41, 5.74) is 0.699. The number of aromatic nitrogens is 2. The van der Waals surface area contributed by atoms with E-state index in [2.05, 4.69) is 15.3 Å². The molecule has 0 radical (unpaired) electrons. The number of hydrogen-bond donors (Lipinski definition) is 3. The van der Waals surface area contributed by atoms with E-state index in [1.165, 1.54) is 31.3 Å². The summed E-state index contributed by atoms with van der Waals surface area (Å²) in [5, 5.41) is 21.6. The maximum Gasteiger partial charge on any atom is 0.330 e. The van der Waals surface area contributed by atoms with Crippen LogP contribution in [0, 0.1) is 5.82 Å². The summed E-state index contributed by atoms with van der Waals surface area (Å²) in [7, 11) is 2.82. The van der Waals surface area contributed by atoms with E-state index in [0.717, 1.165) is 25.7 Å². The fourth-order valence-corrected chi connectivity index (χ4v) is 4.28. The standard InChI is InChI=1S/C22H28FN5O5/c1-32-16-7-17(19(23)18(8-16)33-2)27-10-13-9-24-21(25-14(11-29)12-30)26-20(13)28(22(27)31)15-5-3-4-6-15/h7-9,14-15,29-30H,3-6,10-12H2,1-2H3,(H,24,25,26). The molecule has 3 N–H and O–H groups in total. The highest BCUT2D eigenvalue weighted by atomic mass is 19.1. The minimum atomic E-state index is -0.658. The van der Waals surface area contributed by atoms with Crippen molar-refractivity contribution in [1.29, 1.82) is 0 Å². The minimum Gasteiger partial charge on any atom is -0.497 e. The fraction of sp³-hybridized carbons (Fsp3) is 0.500. The lowest BCUT2D eigenvalue weighted by atomic mass is 10.1. The smallest absolute Gasteiger partial charge is 0.330 e. The van der Waals surface area contributed by atoms with Crippen molar-refractivity contribution in [1.82, 2.24) is 9.97 Å². The second-order valence-electron chi connectivity index (χ2n) is 8.09. The summed E-state index contributed by atoms with van der Waals surface area (Å²) in [4.78, 5) is 25.5. The Balaban J connectivity index is 1.77. The van der Waals surface area contributed by atoms with Gasteiger partial charge < -0.3 is 25.0 Å². The quantitative estimate of drug-likeness (QED) is 0.548. The van der Waals surface area contributed by atoms with Crippen molar-refractivity contribution in [2.75, 3.05) is 42.5 Å². The molecule has 0 spiro atoms. The zero-order chi connectivity index (χ0) is 23.5. The van der Waals surface area contributed by atoms with Gasteiger partial charge in [0.15, 0.2) is 11.6 Å². The average molecular weight is 461 g/mol. The summed E-state index contributed by atoms with van der Waals surface area (Å²) >= 11 is 0. The molecule has 0 unspecified atom stereocenters. The minimum absolute atomic E-state index is 0.0230. The van der Waals surface area contributed by atoms with Gasteiger partial charge in [-0.15, -0.1) is 0 Å². The summed E-state index contributed by atoms with van der Waals surface area (Å²) in [5.74, 6) is 0.328. The van der Waals surface area contributed by atoms with Crippen molar-refractivity contribution in [2.24, 2.45) is 0 Å². The second-order valence-corrected chi connectivity index (χ2v) is 8.09. The molecule has 1 aliphatic heterocycles. The number of rotatable bonds is 8. The summed E-state index contributed by atoms with van der Waals surface area (Å²) in [6.07, 6.45) is 5.17. The van der Waals surface area contributed by atoms with E-state index >= 15 is 4.39 Å². The number of aliphatic hydroxyl groups excluding tert-OH is 2. The van der Waals surface area contributed by atoms with Gasteiger partial charge in [-0.2, -0.15) is 4.98 Å². The number of benzene rings is 1. The number of anilines is 3. The van der Waals surface area contributed by atoms with Gasteiger partial charge >= 0.3 is 6.03 Å². The largest absolute Gasteiger partial charge is 0.497 e. The fourth-order valence-electron chi connectivity index (χ4n) is 4.28. The van der Waals surface area contributed by atoms with Crippen molar-refractivity contribution < 1.29 is 28.9 Å². The van der Waals surface area contributed by atoms with Gasteiger partial charge in [0.2, 0.25) is 5.95 Å². The molecule has 178 valence electrons. The van der Waals surface area contributed by atoms with E-state index < -0.39 is 17.9 Å². The van der Waals surface area contributed by atoms with Crippen molar-refractivity contribution in [3.05, 3.63) is 29.7 Å². The number of aliphatic hydroxyl groups is 2. The van der Waals surface area contributed by atoms with E-state index in [1.807, 2.05) is 0 Å². The first-order valence-electron chi connectivity index (χ1n) is 10.9. The zero-order valence-electron chi connectivity index (χ0n) is 18.6. The van der Waals surface area contributed by atoms with E-state index in [9.17, 15) is 15.0 Å². The normalized spacial score (nSPS) is 16.4. The van der Waals surface area contributed by atoms with Crippen LogP contribution in [-0.4, -0.2) is 65.7 Å². The molecule has 2 heterocycles. The molecule has 2 aromatic rings. The second kappa shape index (κ2) is 9.75. The Morgan fingerprint density at radius 3 is 2.58 bits per heavy atom. The highest BCUT2D eigenvalue weighted by molar-refractivity contribution is 6.06. The monoisotopic (exact) mass is 461 g/mol. The molecule has 33 heavy (non-hydrogen) atoms. The molecule has 1 fully saturated rings. The average Bonchev–Trinajstić information content (AvgIpc) is 3.36. The predicted molar refractivity (Wildman–Crippen MR) is 119 cm³/mol. The third kappa shape index (κ3) is 4.38. The molecule has 1 saturated carbocycles. The number of nitrogens with one attached hydrogen (secondary N) is 1. The molecule has 1 aromatic heterocycles. The number of carbonyl (C=O) groups excluding carboxylic acids is 1. The van der Waals surface area contributed by atoms with Crippen LogP contribution in [-0.2, 0) is 6.54 Å². The number of hydrogen-bond acceptors (Lipinski definition) is 8. The SMILES string of the molecule is COc1cc(OC)c(F)c(N2Cc3cnc(NC(CO)CO)nc3N(C3CCCC3)C2=O)c1. The van der Waals surface area contributed by atoms with Crippen LogP contribution in [0.25, 0.3) is 0 Å². The van der Waals surface area contributed by atoms with Crippen molar-refractivity contribution in [3.63, 3.8) is 0 Å². The maximum absolute atomic E-state index is 15.2. The van der Waals surface area contributed by atoms with E-state index in [0.29, 0.717) is 17.1 Å². The first-order chi connectivity index (χ1) is 16.0. The van der Waals surface area contributed by atoms with Gasteiger partial charge in [0, 0.05) is 29.9 Å². The van der Waals surface area contributed by atoms with E-state index in [1.54, 1.807) is 11.1 Å². The van der Waals surface area contributed by atoms with E-state index in [4.69, 9.17) is 9.47 Å². The van der Waals surface area contributed by atoms with Gasteiger partial charge in [0.05, 0.1) is 45.7 Å². The third-order valence-corrected chi connectivity index (χ3v) is 6.04. The lowest BCUT2D eigenvalue weighted by molar-refractivity contribution is 0.203. The first kappa shape index (κ1) is 23.0. The van der Waals surface area contributed by atoms with Crippen molar-refractivity contribution in [3.8, 4) is 11.5 Å². The lowest BCUT2D eigenvalue weighted by Crippen LogP contribution is -2.52. The topological polar surface area (TPSA) is 120 Å². The maximum atomic E-state index is 15.2. The molecule has 0 saturated heterocycles. The highest BCUT2D eigenvalue weighted by Crippen LogP contribution is 2.40. The Bertz CT molecular complexity index is 1010. The molecule has 1 aliphatic carbocycles. The molecular formula is C22H28FN5O5. The molecule has 2 aliphatic rings. The number of ether oxygens (including phenoxy) is 2. The number of carbonyl (C=O) groups is 1. The Kier molecular flexibility index (Phi) is 6.80. The number of halogens is 1. The van der Waals surface area contributed by atoms with Crippen LogP contribution >= 0.6 is 0 Å². The molecular weight excluding hydrogens is 433 g/mol. The summed E-state index contributed by atoms with van der Waals surface area (Å²) in [6, 6.07) is 1.79. The third-order valence-electron chi connectivity index (χ3n) is 6.04. The highest BCUT2D eigenvalue weighted by Gasteiger charge is 2.40. The van der Waals surface area contributed by atoms with Crippen LogP contribution in [0.2, 0.25) is 0 Å². The Morgan fingerprint density at radius 1 is 1.21 bits per heavy atom. The molecule has 2 amide bonds. The Morgan fingerprint density at radius 2 is 1.94 bits per heavy atom. The van der Waals surface area contributed by atoms with Crippen molar-refractivity contribution >= 4 is 23.5 Å². The van der Waals surface area contributed by atoms with Gasteiger partial charge in [0.25, 0.3) is 0 Å². The Labute approximate surface area is 191 Å². The lowest BCUT2D eigenvalue weighted by Gasteiger charge is -2.39. The van der Waals surface area contributed by atoms with Crippen LogP contribution in [0.3, 0.4) is 0 Å². The van der Waals surface area contributed by atoms with Gasteiger partial charge in [-0.25, -0.2) is 14.2 Å².